The Morgan fingerprint density at radius 1 is 1.20 bits per heavy atom. The summed E-state index contributed by atoms with van der Waals surface area (Å²) < 4.78 is 1.60. The van der Waals surface area contributed by atoms with Gasteiger partial charge in [-0.2, -0.15) is 10.1 Å². The Morgan fingerprint density at radius 2 is 1.95 bits per heavy atom. The third kappa shape index (κ3) is 2.19. The zero-order valence-corrected chi connectivity index (χ0v) is 11.4. The summed E-state index contributed by atoms with van der Waals surface area (Å²) in [6.45, 7) is 0. The monoisotopic (exact) mass is 285 g/mol. The van der Waals surface area contributed by atoms with Crippen molar-refractivity contribution in [2.75, 3.05) is 0 Å². The third-order valence-corrected chi connectivity index (χ3v) is 3.08. The van der Waals surface area contributed by atoms with E-state index in [1.165, 1.54) is 4.68 Å². The van der Waals surface area contributed by atoms with Gasteiger partial charge in [0, 0.05) is 12.6 Å². The molecule has 0 aliphatic heterocycles. The first-order valence-electron chi connectivity index (χ1n) is 5.94. The standard InChI is InChI=1S/C13H11N5OS/c1-18-12(19)9(11-14-13(20)16-15-11)7-10(17-18)8-5-3-2-4-6-8/h2-7H,1H3,(H2,14,15,16,20). The molecule has 6 nitrogen and oxygen atoms in total. The Balaban J connectivity index is 2.23. The van der Waals surface area contributed by atoms with Gasteiger partial charge in [-0.3, -0.25) is 15.0 Å². The van der Waals surface area contributed by atoms with Gasteiger partial charge in [0.2, 0.25) is 4.77 Å². The van der Waals surface area contributed by atoms with Gasteiger partial charge >= 0.3 is 0 Å². The Kier molecular flexibility index (Phi) is 3.03. The Bertz CT molecular complexity index is 862. The van der Waals surface area contributed by atoms with E-state index in [-0.39, 0.29) is 5.56 Å². The minimum absolute atomic E-state index is 0.234. The number of aromatic nitrogens is 5. The minimum atomic E-state index is -0.234. The van der Waals surface area contributed by atoms with Crippen molar-refractivity contribution in [2.24, 2.45) is 7.05 Å². The van der Waals surface area contributed by atoms with Crippen LogP contribution in [-0.4, -0.2) is 25.0 Å². The van der Waals surface area contributed by atoms with Crippen LogP contribution < -0.4 is 5.56 Å². The van der Waals surface area contributed by atoms with E-state index in [1.807, 2.05) is 30.3 Å². The van der Waals surface area contributed by atoms with Crippen LogP contribution in [0.3, 0.4) is 0 Å². The minimum Gasteiger partial charge on any atom is -0.281 e. The zero-order chi connectivity index (χ0) is 14.1. The van der Waals surface area contributed by atoms with E-state index in [0.29, 0.717) is 21.9 Å². The van der Waals surface area contributed by atoms with Gasteiger partial charge in [0.05, 0.1) is 11.3 Å². The van der Waals surface area contributed by atoms with Crippen LogP contribution in [0.2, 0.25) is 0 Å². The molecule has 0 atom stereocenters. The fourth-order valence-electron chi connectivity index (χ4n) is 1.93. The smallest absolute Gasteiger partial charge is 0.277 e. The van der Waals surface area contributed by atoms with Gasteiger partial charge in [-0.05, 0) is 18.3 Å². The first-order valence-corrected chi connectivity index (χ1v) is 6.35. The van der Waals surface area contributed by atoms with Crippen LogP contribution >= 0.6 is 12.2 Å². The average molecular weight is 285 g/mol. The summed E-state index contributed by atoms with van der Waals surface area (Å²) in [6, 6.07) is 11.3. The molecule has 1 aromatic carbocycles. The molecular weight excluding hydrogens is 274 g/mol. The number of hydrogen-bond acceptors (Lipinski definition) is 4. The molecule has 2 N–H and O–H groups in total. The van der Waals surface area contributed by atoms with Crippen LogP contribution in [0.4, 0.5) is 0 Å². The summed E-state index contributed by atoms with van der Waals surface area (Å²) in [5.74, 6) is 0.412. The van der Waals surface area contributed by atoms with Crippen molar-refractivity contribution in [3.05, 3.63) is 51.5 Å². The highest BCUT2D eigenvalue weighted by Gasteiger charge is 2.12. The van der Waals surface area contributed by atoms with Gasteiger partial charge in [0.1, 0.15) is 0 Å². The second-order valence-corrected chi connectivity index (χ2v) is 4.64. The molecule has 2 heterocycles. The Morgan fingerprint density at radius 3 is 2.60 bits per heavy atom. The maximum absolute atomic E-state index is 12.2. The Labute approximate surface area is 119 Å². The van der Waals surface area contributed by atoms with Crippen molar-refractivity contribution < 1.29 is 0 Å². The fraction of sp³-hybridized carbons (Fsp3) is 0.0769. The van der Waals surface area contributed by atoms with Crippen LogP contribution in [0.15, 0.2) is 41.2 Å². The van der Waals surface area contributed by atoms with Gasteiger partial charge in [0.15, 0.2) is 5.82 Å². The van der Waals surface area contributed by atoms with Crippen molar-refractivity contribution in [1.82, 2.24) is 25.0 Å². The van der Waals surface area contributed by atoms with Crippen LogP contribution in [0.1, 0.15) is 0 Å². The van der Waals surface area contributed by atoms with E-state index < -0.39 is 0 Å². The molecule has 0 spiro atoms. The van der Waals surface area contributed by atoms with Crippen molar-refractivity contribution in [2.45, 2.75) is 0 Å². The van der Waals surface area contributed by atoms with E-state index in [9.17, 15) is 4.79 Å². The third-order valence-electron chi connectivity index (χ3n) is 2.89. The molecule has 0 saturated carbocycles. The molecule has 0 aliphatic rings. The van der Waals surface area contributed by atoms with Crippen molar-refractivity contribution in [1.29, 1.82) is 0 Å². The van der Waals surface area contributed by atoms with Gasteiger partial charge in [0.25, 0.3) is 5.56 Å². The number of nitrogens with one attached hydrogen (secondary N) is 2. The molecule has 0 fully saturated rings. The SMILES string of the molecule is Cn1nc(-c2ccccc2)cc(-c2nc(=S)[nH][nH]2)c1=O. The molecule has 3 rings (SSSR count). The van der Waals surface area contributed by atoms with Gasteiger partial charge < -0.3 is 0 Å². The van der Waals surface area contributed by atoms with Crippen molar-refractivity contribution >= 4 is 12.2 Å². The van der Waals surface area contributed by atoms with Crippen LogP contribution in [0, 0.1) is 4.77 Å². The van der Waals surface area contributed by atoms with Crippen molar-refractivity contribution in [3.63, 3.8) is 0 Å². The number of hydrogen-bond donors (Lipinski definition) is 2. The van der Waals surface area contributed by atoms with E-state index in [1.54, 1.807) is 13.1 Å². The maximum Gasteiger partial charge on any atom is 0.277 e. The number of aryl methyl sites for hydroxylation is 1. The number of rotatable bonds is 2. The van der Waals surface area contributed by atoms with E-state index >= 15 is 0 Å². The lowest BCUT2D eigenvalue weighted by Crippen LogP contribution is -2.22. The van der Waals surface area contributed by atoms with Gasteiger partial charge in [-0.15, -0.1) is 0 Å². The quantitative estimate of drug-likeness (QED) is 0.705. The summed E-state index contributed by atoms with van der Waals surface area (Å²) in [5, 5.41) is 9.73. The largest absolute Gasteiger partial charge is 0.281 e. The predicted molar refractivity (Wildman–Crippen MR) is 77.7 cm³/mol. The molecule has 100 valence electrons. The maximum atomic E-state index is 12.2. The van der Waals surface area contributed by atoms with Gasteiger partial charge in [-0.1, -0.05) is 30.3 Å². The van der Waals surface area contributed by atoms with E-state index in [0.717, 1.165) is 5.56 Å². The van der Waals surface area contributed by atoms with Crippen LogP contribution in [-0.2, 0) is 7.05 Å². The van der Waals surface area contributed by atoms with Crippen molar-refractivity contribution in [3.8, 4) is 22.6 Å². The van der Waals surface area contributed by atoms with Gasteiger partial charge in [-0.25, -0.2) is 4.68 Å². The number of nitrogens with zero attached hydrogens (tertiary/aromatic N) is 3. The molecule has 3 aromatic rings. The second-order valence-electron chi connectivity index (χ2n) is 4.25. The molecule has 0 bridgehead atoms. The normalized spacial score (nSPS) is 10.7. The molecule has 0 amide bonds. The second kappa shape index (κ2) is 4.86. The summed E-state index contributed by atoms with van der Waals surface area (Å²) in [4.78, 5) is 16.2. The highest BCUT2D eigenvalue weighted by molar-refractivity contribution is 7.71. The average Bonchev–Trinajstić information content (AvgIpc) is 2.89. The molecule has 7 heteroatoms. The molecule has 0 aliphatic carbocycles. The number of aromatic amines is 2. The molecule has 0 unspecified atom stereocenters. The summed E-state index contributed by atoms with van der Waals surface area (Å²) >= 11 is 4.91. The lowest BCUT2D eigenvalue weighted by molar-refractivity contribution is 0.713. The molecule has 0 radical (unpaired) electrons. The van der Waals surface area contributed by atoms with E-state index in [2.05, 4.69) is 20.3 Å². The molecular formula is C13H11N5OS. The topological polar surface area (TPSA) is 79.4 Å². The molecule has 0 saturated heterocycles. The Hall–Kier alpha value is -2.54. The molecule has 20 heavy (non-hydrogen) atoms. The first-order chi connectivity index (χ1) is 9.65. The summed E-state index contributed by atoms with van der Waals surface area (Å²) in [6.07, 6.45) is 0. The van der Waals surface area contributed by atoms with Crippen LogP contribution in [0.5, 0.6) is 0 Å². The number of H-pyrrole nitrogens is 2. The highest BCUT2D eigenvalue weighted by atomic mass is 32.1. The highest BCUT2D eigenvalue weighted by Crippen LogP contribution is 2.19. The number of benzene rings is 1. The van der Waals surface area contributed by atoms with E-state index in [4.69, 9.17) is 12.2 Å². The molecule has 2 aromatic heterocycles. The zero-order valence-electron chi connectivity index (χ0n) is 10.6. The summed E-state index contributed by atoms with van der Waals surface area (Å²) in [7, 11) is 1.61. The predicted octanol–water partition coefficient (Wildman–Crippen LogP) is 1.89. The fourth-order valence-corrected chi connectivity index (χ4v) is 2.07. The first kappa shape index (κ1) is 12.5. The van der Waals surface area contributed by atoms with Crippen LogP contribution in [0.25, 0.3) is 22.6 Å². The summed E-state index contributed by atoms with van der Waals surface area (Å²) in [5.41, 5.74) is 1.82. The lowest BCUT2D eigenvalue weighted by Gasteiger charge is -2.05. The lowest BCUT2D eigenvalue weighted by atomic mass is 10.1.